The van der Waals surface area contributed by atoms with Crippen molar-refractivity contribution in [1.82, 2.24) is 10.6 Å². The Bertz CT molecular complexity index is 329. The molecule has 116 valence electrons. The smallest absolute Gasteiger partial charge is 0.146 e. The summed E-state index contributed by atoms with van der Waals surface area (Å²) in [6.07, 6.45) is 2.98. The molecule has 0 aromatic carbocycles. The Morgan fingerprint density at radius 3 is 2.15 bits per heavy atom. The topological polar surface area (TPSA) is 75.3 Å². The molecule has 0 heterocycles. The largest absolute Gasteiger partial charge is 0.305 e. The molecule has 2 atom stereocenters. The summed E-state index contributed by atoms with van der Waals surface area (Å²) >= 11 is 0. The van der Waals surface area contributed by atoms with Gasteiger partial charge < -0.3 is 10.1 Å². The molecule has 0 radical (unpaired) electrons. The maximum Gasteiger partial charge on any atom is 0.146 e. The first-order valence-corrected chi connectivity index (χ1v) is 7.32. The standard InChI is InChI=1S/C15H28N2O3/c1-5-13(12(3)19)7-8-14(20)10-17-15(16-4)9-6-11(2)18/h13,15-17H,5-10H2,1-4H3/t13-,15+/m0/s1. The maximum absolute atomic E-state index is 11.8. The fraction of sp³-hybridized carbons (Fsp3) is 0.800. The molecule has 0 fully saturated rings. The van der Waals surface area contributed by atoms with Crippen molar-refractivity contribution in [2.45, 2.75) is 59.0 Å². The minimum absolute atomic E-state index is 0.00300. The molecule has 0 saturated carbocycles. The van der Waals surface area contributed by atoms with Crippen molar-refractivity contribution >= 4 is 17.3 Å². The summed E-state index contributed by atoms with van der Waals surface area (Å²) in [5.41, 5.74) is 0. The molecule has 0 unspecified atom stereocenters. The molecule has 0 aliphatic heterocycles. The number of hydrogen-bond acceptors (Lipinski definition) is 5. The Balaban J connectivity index is 3.95. The quantitative estimate of drug-likeness (QED) is 0.531. The van der Waals surface area contributed by atoms with Crippen LogP contribution in [0, 0.1) is 5.92 Å². The summed E-state index contributed by atoms with van der Waals surface area (Å²) < 4.78 is 0. The first-order valence-electron chi connectivity index (χ1n) is 7.32. The second-order valence-electron chi connectivity index (χ2n) is 5.26. The van der Waals surface area contributed by atoms with Gasteiger partial charge in [-0.2, -0.15) is 0 Å². The van der Waals surface area contributed by atoms with Gasteiger partial charge in [0.25, 0.3) is 0 Å². The molecular formula is C15H28N2O3. The lowest BCUT2D eigenvalue weighted by atomic mass is 9.95. The second-order valence-corrected chi connectivity index (χ2v) is 5.26. The molecule has 0 saturated heterocycles. The van der Waals surface area contributed by atoms with Gasteiger partial charge in [-0.3, -0.25) is 14.9 Å². The van der Waals surface area contributed by atoms with Crippen LogP contribution >= 0.6 is 0 Å². The highest BCUT2D eigenvalue weighted by atomic mass is 16.1. The van der Waals surface area contributed by atoms with Crippen LogP contribution in [0.5, 0.6) is 0 Å². The van der Waals surface area contributed by atoms with E-state index in [1.54, 1.807) is 20.9 Å². The van der Waals surface area contributed by atoms with E-state index in [4.69, 9.17) is 0 Å². The summed E-state index contributed by atoms with van der Waals surface area (Å²) in [4.78, 5) is 34.0. The van der Waals surface area contributed by atoms with Crippen molar-refractivity contribution < 1.29 is 14.4 Å². The monoisotopic (exact) mass is 284 g/mol. The van der Waals surface area contributed by atoms with Crippen molar-refractivity contribution in [3.63, 3.8) is 0 Å². The molecule has 0 aromatic rings. The van der Waals surface area contributed by atoms with E-state index in [0.29, 0.717) is 25.7 Å². The Hall–Kier alpha value is -1.07. The van der Waals surface area contributed by atoms with Crippen LogP contribution in [0.15, 0.2) is 0 Å². The SMILES string of the molecule is CC[C@@H](CCC(=O)CN[C@H](CCC(C)=O)NC)C(C)=O. The van der Waals surface area contributed by atoms with Crippen LogP contribution in [-0.4, -0.2) is 37.1 Å². The van der Waals surface area contributed by atoms with Crippen molar-refractivity contribution in [3.8, 4) is 0 Å². The van der Waals surface area contributed by atoms with Gasteiger partial charge in [0.15, 0.2) is 0 Å². The van der Waals surface area contributed by atoms with Gasteiger partial charge in [0.05, 0.1) is 12.7 Å². The van der Waals surface area contributed by atoms with Gasteiger partial charge in [0.2, 0.25) is 0 Å². The second kappa shape index (κ2) is 10.7. The number of nitrogens with one attached hydrogen (secondary N) is 2. The van der Waals surface area contributed by atoms with Gasteiger partial charge in [-0.15, -0.1) is 0 Å². The molecule has 5 nitrogen and oxygen atoms in total. The Labute approximate surface area is 121 Å². The van der Waals surface area contributed by atoms with E-state index in [0.717, 1.165) is 6.42 Å². The highest BCUT2D eigenvalue weighted by Gasteiger charge is 2.14. The summed E-state index contributed by atoms with van der Waals surface area (Å²) in [7, 11) is 1.80. The first kappa shape index (κ1) is 18.9. The van der Waals surface area contributed by atoms with E-state index in [9.17, 15) is 14.4 Å². The normalized spacial score (nSPS) is 13.8. The number of hydrogen-bond donors (Lipinski definition) is 2. The molecule has 0 rings (SSSR count). The van der Waals surface area contributed by atoms with Crippen LogP contribution in [0.4, 0.5) is 0 Å². The van der Waals surface area contributed by atoms with Crippen LogP contribution in [0.2, 0.25) is 0 Å². The summed E-state index contributed by atoms with van der Waals surface area (Å²) in [6.45, 7) is 5.38. The number of carbonyl (C=O) groups is 3. The molecule has 0 amide bonds. The van der Waals surface area contributed by atoms with E-state index in [-0.39, 0.29) is 36.0 Å². The zero-order chi connectivity index (χ0) is 15.5. The highest BCUT2D eigenvalue weighted by Crippen LogP contribution is 2.12. The van der Waals surface area contributed by atoms with Crippen molar-refractivity contribution in [2.24, 2.45) is 5.92 Å². The third kappa shape index (κ3) is 8.93. The fourth-order valence-electron chi connectivity index (χ4n) is 2.05. The molecule has 2 N–H and O–H groups in total. The molecule has 5 heteroatoms. The zero-order valence-electron chi connectivity index (χ0n) is 13.1. The van der Waals surface area contributed by atoms with Gasteiger partial charge in [0.1, 0.15) is 17.3 Å². The Morgan fingerprint density at radius 2 is 1.70 bits per heavy atom. The van der Waals surface area contributed by atoms with Gasteiger partial charge in [-0.1, -0.05) is 6.92 Å². The van der Waals surface area contributed by atoms with Crippen LogP contribution in [0.1, 0.15) is 52.9 Å². The number of rotatable bonds is 12. The van der Waals surface area contributed by atoms with E-state index < -0.39 is 0 Å². The lowest BCUT2D eigenvalue weighted by Gasteiger charge is -2.17. The summed E-state index contributed by atoms with van der Waals surface area (Å²) in [5.74, 6) is 0.401. The van der Waals surface area contributed by atoms with E-state index in [1.165, 1.54) is 0 Å². The van der Waals surface area contributed by atoms with E-state index in [2.05, 4.69) is 10.6 Å². The minimum atomic E-state index is -0.0300. The summed E-state index contributed by atoms with van der Waals surface area (Å²) in [5, 5.41) is 6.14. The summed E-state index contributed by atoms with van der Waals surface area (Å²) in [6, 6.07) is 0. The lowest BCUT2D eigenvalue weighted by molar-refractivity contribution is -0.122. The highest BCUT2D eigenvalue weighted by molar-refractivity contribution is 5.82. The number of carbonyl (C=O) groups excluding carboxylic acids is 3. The van der Waals surface area contributed by atoms with Crippen LogP contribution < -0.4 is 10.6 Å². The Morgan fingerprint density at radius 1 is 1.05 bits per heavy atom. The van der Waals surface area contributed by atoms with Crippen molar-refractivity contribution in [2.75, 3.05) is 13.6 Å². The van der Waals surface area contributed by atoms with Crippen LogP contribution in [0.3, 0.4) is 0 Å². The van der Waals surface area contributed by atoms with E-state index in [1.807, 2.05) is 6.92 Å². The molecule has 0 spiro atoms. The minimum Gasteiger partial charge on any atom is -0.305 e. The van der Waals surface area contributed by atoms with Crippen LogP contribution in [0.25, 0.3) is 0 Å². The number of ketones is 3. The lowest BCUT2D eigenvalue weighted by Crippen LogP contribution is -2.42. The average Bonchev–Trinajstić information content (AvgIpc) is 2.38. The van der Waals surface area contributed by atoms with Gasteiger partial charge in [-0.25, -0.2) is 0 Å². The van der Waals surface area contributed by atoms with Crippen molar-refractivity contribution in [3.05, 3.63) is 0 Å². The molecule has 20 heavy (non-hydrogen) atoms. The average molecular weight is 284 g/mol. The van der Waals surface area contributed by atoms with Crippen LogP contribution in [-0.2, 0) is 14.4 Å². The molecule has 0 aromatic heterocycles. The molecule has 0 bridgehead atoms. The Kier molecular flexibility index (Phi) is 10.1. The van der Waals surface area contributed by atoms with Gasteiger partial charge >= 0.3 is 0 Å². The van der Waals surface area contributed by atoms with Gasteiger partial charge in [-0.05, 0) is 40.2 Å². The maximum atomic E-state index is 11.8. The van der Waals surface area contributed by atoms with Gasteiger partial charge in [0, 0.05) is 18.8 Å². The van der Waals surface area contributed by atoms with E-state index >= 15 is 0 Å². The fourth-order valence-corrected chi connectivity index (χ4v) is 2.05. The predicted octanol–water partition coefficient (Wildman–Crippen LogP) is 1.46. The third-order valence-corrected chi connectivity index (χ3v) is 3.52. The molecular weight excluding hydrogens is 256 g/mol. The predicted molar refractivity (Wildman–Crippen MR) is 79.5 cm³/mol. The first-order chi connectivity index (χ1) is 9.40. The van der Waals surface area contributed by atoms with Crippen molar-refractivity contribution in [1.29, 1.82) is 0 Å². The zero-order valence-corrected chi connectivity index (χ0v) is 13.1. The molecule has 0 aliphatic carbocycles. The molecule has 0 aliphatic rings. The third-order valence-electron chi connectivity index (χ3n) is 3.52. The number of Topliss-reactive ketones (excluding diaryl/α,β-unsaturated/α-hetero) is 3.